The summed E-state index contributed by atoms with van der Waals surface area (Å²) < 4.78 is 5.89. The zero-order valence-corrected chi connectivity index (χ0v) is 12.6. The largest absolute Gasteiger partial charge is 0.479 e. The Kier molecular flexibility index (Phi) is 3.92. The van der Waals surface area contributed by atoms with Gasteiger partial charge in [-0.15, -0.1) is 12.6 Å². The highest BCUT2D eigenvalue weighted by molar-refractivity contribution is 7.80. The number of fused-ring (bicyclic) bond motifs is 1. The second-order valence-electron chi connectivity index (χ2n) is 5.03. The van der Waals surface area contributed by atoms with Crippen LogP contribution in [0.4, 0.5) is 0 Å². The van der Waals surface area contributed by atoms with E-state index < -0.39 is 0 Å². The summed E-state index contributed by atoms with van der Waals surface area (Å²) in [4.78, 5) is 0. The maximum absolute atomic E-state index is 6.27. The van der Waals surface area contributed by atoms with Crippen molar-refractivity contribution in [2.24, 2.45) is 5.73 Å². The first-order chi connectivity index (χ1) is 9.65. The molecule has 2 N–H and O–H groups in total. The molecule has 2 aromatic rings. The Bertz CT molecular complexity index is 617. The van der Waals surface area contributed by atoms with Crippen molar-refractivity contribution < 1.29 is 4.74 Å². The van der Waals surface area contributed by atoms with Crippen LogP contribution in [0.2, 0.25) is 5.02 Å². The Hall–Kier alpha value is -1.16. The molecule has 3 rings (SSSR count). The van der Waals surface area contributed by atoms with E-state index in [-0.39, 0.29) is 11.5 Å². The molecule has 0 spiro atoms. The lowest BCUT2D eigenvalue weighted by molar-refractivity contribution is 0.237. The predicted octanol–water partition coefficient (Wildman–Crippen LogP) is 3.97. The lowest BCUT2D eigenvalue weighted by atomic mass is 9.95. The second-order valence-corrected chi connectivity index (χ2v) is 6.01. The van der Waals surface area contributed by atoms with Crippen LogP contribution in [0.25, 0.3) is 0 Å². The molecule has 1 heterocycles. The summed E-state index contributed by atoms with van der Waals surface area (Å²) in [5.74, 6) is 0.806. The van der Waals surface area contributed by atoms with Gasteiger partial charge in [0.1, 0.15) is 11.2 Å². The fourth-order valence-corrected chi connectivity index (χ4v) is 3.20. The van der Waals surface area contributed by atoms with Crippen LogP contribution in [0.1, 0.15) is 29.2 Å². The molecule has 0 saturated carbocycles. The second kappa shape index (κ2) is 5.68. The van der Waals surface area contributed by atoms with Gasteiger partial charge in [0.2, 0.25) is 0 Å². The molecule has 1 aliphatic heterocycles. The van der Waals surface area contributed by atoms with Crippen molar-refractivity contribution in [3.05, 3.63) is 64.2 Å². The van der Waals surface area contributed by atoms with Crippen molar-refractivity contribution in [3.63, 3.8) is 0 Å². The van der Waals surface area contributed by atoms with Crippen molar-refractivity contribution >= 4 is 24.2 Å². The Morgan fingerprint density at radius 2 is 1.95 bits per heavy atom. The van der Waals surface area contributed by atoms with Crippen molar-refractivity contribution in [2.45, 2.75) is 24.3 Å². The van der Waals surface area contributed by atoms with E-state index in [0.29, 0.717) is 11.4 Å². The molecule has 4 heteroatoms. The fraction of sp³-hybridized carbons (Fsp3) is 0.250. The molecule has 0 fully saturated rings. The maximum atomic E-state index is 6.27. The molecule has 104 valence electrons. The van der Waals surface area contributed by atoms with Crippen LogP contribution in [-0.2, 0) is 6.42 Å². The average molecular weight is 306 g/mol. The SMILES string of the molecule is NC1CC(S)Oc2c(Cc3ccccc3)ccc(Cl)c21. The topological polar surface area (TPSA) is 35.2 Å². The van der Waals surface area contributed by atoms with Gasteiger partial charge < -0.3 is 10.5 Å². The zero-order valence-electron chi connectivity index (χ0n) is 10.9. The molecular weight excluding hydrogens is 290 g/mol. The monoisotopic (exact) mass is 305 g/mol. The van der Waals surface area contributed by atoms with E-state index in [0.717, 1.165) is 23.3 Å². The Balaban J connectivity index is 2.02. The van der Waals surface area contributed by atoms with Crippen molar-refractivity contribution in [1.82, 2.24) is 0 Å². The third-order valence-electron chi connectivity index (χ3n) is 3.54. The number of thiol groups is 1. The van der Waals surface area contributed by atoms with Gasteiger partial charge in [0.05, 0.1) is 0 Å². The molecule has 0 amide bonds. The number of nitrogens with two attached hydrogens (primary N) is 1. The highest BCUT2D eigenvalue weighted by Gasteiger charge is 2.28. The number of hydrogen-bond donors (Lipinski definition) is 2. The van der Waals surface area contributed by atoms with Gasteiger partial charge in [-0.05, 0) is 17.2 Å². The van der Waals surface area contributed by atoms with Gasteiger partial charge in [0.25, 0.3) is 0 Å². The normalized spacial score (nSPS) is 21.1. The smallest absolute Gasteiger partial charge is 0.143 e. The van der Waals surface area contributed by atoms with Crippen LogP contribution < -0.4 is 10.5 Å². The number of halogens is 1. The molecule has 1 aliphatic rings. The van der Waals surface area contributed by atoms with Gasteiger partial charge >= 0.3 is 0 Å². The number of hydrogen-bond acceptors (Lipinski definition) is 3. The van der Waals surface area contributed by atoms with E-state index in [1.807, 2.05) is 30.3 Å². The Morgan fingerprint density at radius 1 is 1.20 bits per heavy atom. The minimum Gasteiger partial charge on any atom is -0.479 e. The van der Waals surface area contributed by atoms with Gasteiger partial charge in [-0.3, -0.25) is 0 Å². The van der Waals surface area contributed by atoms with Crippen LogP contribution in [-0.4, -0.2) is 5.44 Å². The molecule has 0 radical (unpaired) electrons. The van der Waals surface area contributed by atoms with Gasteiger partial charge in [0, 0.05) is 29.5 Å². The van der Waals surface area contributed by atoms with Crippen LogP contribution in [0.3, 0.4) is 0 Å². The lowest BCUT2D eigenvalue weighted by Crippen LogP contribution is -2.27. The van der Waals surface area contributed by atoms with Crippen molar-refractivity contribution in [2.75, 3.05) is 0 Å². The van der Waals surface area contributed by atoms with Crippen LogP contribution in [0, 0.1) is 0 Å². The number of benzene rings is 2. The van der Waals surface area contributed by atoms with Gasteiger partial charge in [-0.1, -0.05) is 48.0 Å². The van der Waals surface area contributed by atoms with Crippen LogP contribution in [0.5, 0.6) is 5.75 Å². The summed E-state index contributed by atoms with van der Waals surface area (Å²) in [7, 11) is 0. The summed E-state index contributed by atoms with van der Waals surface area (Å²) in [6.45, 7) is 0. The molecule has 2 atom stereocenters. The van der Waals surface area contributed by atoms with Crippen LogP contribution in [0.15, 0.2) is 42.5 Å². The van der Waals surface area contributed by atoms with E-state index in [1.54, 1.807) is 0 Å². The summed E-state index contributed by atoms with van der Waals surface area (Å²) in [5.41, 5.74) is 9.25. The van der Waals surface area contributed by atoms with E-state index >= 15 is 0 Å². The Morgan fingerprint density at radius 3 is 2.70 bits per heavy atom. The lowest BCUT2D eigenvalue weighted by Gasteiger charge is -2.30. The third kappa shape index (κ3) is 2.66. The first-order valence-corrected chi connectivity index (χ1v) is 7.50. The highest BCUT2D eigenvalue weighted by Crippen LogP contribution is 2.42. The minimum atomic E-state index is -0.175. The van der Waals surface area contributed by atoms with Gasteiger partial charge in [0.15, 0.2) is 0 Å². The first kappa shape index (κ1) is 13.8. The van der Waals surface area contributed by atoms with E-state index in [9.17, 15) is 0 Å². The van der Waals surface area contributed by atoms with Crippen molar-refractivity contribution in [1.29, 1.82) is 0 Å². The molecule has 2 nitrogen and oxygen atoms in total. The van der Waals surface area contributed by atoms with Crippen molar-refractivity contribution in [3.8, 4) is 5.75 Å². The van der Waals surface area contributed by atoms with Crippen LogP contribution >= 0.6 is 24.2 Å². The quantitative estimate of drug-likeness (QED) is 0.824. The Labute approximate surface area is 129 Å². The average Bonchev–Trinajstić information content (AvgIpc) is 2.42. The minimum absolute atomic E-state index is 0.121. The molecule has 0 bridgehead atoms. The van der Waals surface area contributed by atoms with E-state index in [4.69, 9.17) is 22.1 Å². The molecule has 0 saturated heterocycles. The van der Waals surface area contributed by atoms with Gasteiger partial charge in [-0.2, -0.15) is 0 Å². The third-order valence-corrected chi connectivity index (χ3v) is 4.19. The summed E-state index contributed by atoms with van der Waals surface area (Å²) >= 11 is 10.7. The molecule has 2 unspecified atom stereocenters. The fourth-order valence-electron chi connectivity index (χ4n) is 2.58. The van der Waals surface area contributed by atoms with E-state index in [2.05, 4.69) is 24.8 Å². The molecular formula is C16H16ClNOS. The molecule has 0 aliphatic carbocycles. The summed E-state index contributed by atoms with van der Waals surface area (Å²) in [6, 6.07) is 14.1. The molecule has 0 aromatic heterocycles. The highest BCUT2D eigenvalue weighted by atomic mass is 35.5. The molecule has 20 heavy (non-hydrogen) atoms. The predicted molar refractivity (Wildman–Crippen MR) is 85.6 cm³/mol. The standard InChI is InChI=1S/C16H16ClNOS/c17-12-7-6-11(8-10-4-2-1-3-5-10)16-15(12)13(18)9-14(20)19-16/h1-7,13-14,20H,8-9,18H2. The number of rotatable bonds is 2. The summed E-state index contributed by atoms with van der Waals surface area (Å²) in [6.07, 6.45) is 1.47. The van der Waals surface area contributed by atoms with Gasteiger partial charge in [-0.25, -0.2) is 0 Å². The number of ether oxygens (including phenoxy) is 1. The molecule has 2 aromatic carbocycles. The maximum Gasteiger partial charge on any atom is 0.143 e. The first-order valence-electron chi connectivity index (χ1n) is 6.60. The van der Waals surface area contributed by atoms with E-state index in [1.165, 1.54) is 5.56 Å². The zero-order chi connectivity index (χ0) is 14.1. The summed E-state index contributed by atoms with van der Waals surface area (Å²) in [5, 5.41) is 0.671.